The van der Waals surface area contributed by atoms with Crippen LogP contribution in [0.2, 0.25) is 0 Å². The number of carbonyl (C=O) groups is 1. The molecule has 0 atom stereocenters. The van der Waals surface area contributed by atoms with E-state index in [1.807, 2.05) is 49.2 Å². The Labute approximate surface area is 131 Å². The maximum absolute atomic E-state index is 12.2. The first kappa shape index (κ1) is 15.9. The van der Waals surface area contributed by atoms with Gasteiger partial charge in [0.05, 0.1) is 0 Å². The van der Waals surface area contributed by atoms with Crippen molar-refractivity contribution >= 4 is 17.5 Å². The van der Waals surface area contributed by atoms with Crippen LogP contribution in [0.5, 0.6) is 0 Å². The van der Waals surface area contributed by atoms with Crippen LogP contribution in [0.3, 0.4) is 0 Å². The van der Waals surface area contributed by atoms with Crippen molar-refractivity contribution in [2.24, 2.45) is 0 Å². The number of rotatable bonds is 6. The molecule has 0 aliphatic rings. The fourth-order valence-corrected chi connectivity index (χ4v) is 2.06. The Bertz CT molecular complexity index is 628. The Morgan fingerprint density at radius 3 is 2.64 bits per heavy atom. The average molecular weight is 298 g/mol. The molecule has 1 aromatic heterocycles. The van der Waals surface area contributed by atoms with Crippen molar-refractivity contribution in [2.45, 2.75) is 26.7 Å². The minimum atomic E-state index is -0.151. The molecule has 5 nitrogen and oxygen atoms in total. The topological polar surface area (TPSA) is 58.1 Å². The number of benzene rings is 1. The zero-order chi connectivity index (χ0) is 15.9. The average Bonchev–Trinajstić information content (AvgIpc) is 2.54. The molecular weight excluding hydrogens is 276 g/mol. The second-order valence-electron chi connectivity index (χ2n) is 5.20. The largest absolute Gasteiger partial charge is 0.351 e. The number of unbranched alkanes of at least 4 members (excludes halogenated alkanes) is 1. The molecule has 1 amide bonds. The lowest BCUT2D eigenvalue weighted by Crippen LogP contribution is -2.26. The number of carbonyl (C=O) groups excluding carboxylic acids is 1. The Morgan fingerprint density at radius 1 is 1.23 bits per heavy atom. The predicted molar refractivity (Wildman–Crippen MR) is 88.5 cm³/mol. The highest BCUT2D eigenvalue weighted by atomic mass is 16.1. The lowest BCUT2D eigenvalue weighted by Gasteiger charge is -2.18. The summed E-state index contributed by atoms with van der Waals surface area (Å²) in [5.41, 5.74) is 2.15. The minimum absolute atomic E-state index is 0.151. The third-order valence-corrected chi connectivity index (χ3v) is 3.33. The van der Waals surface area contributed by atoms with Gasteiger partial charge >= 0.3 is 0 Å². The Balaban J connectivity index is 2.21. The molecule has 0 bridgehead atoms. The second kappa shape index (κ2) is 7.54. The summed E-state index contributed by atoms with van der Waals surface area (Å²) in [5, 5.41) is 2.89. The lowest BCUT2D eigenvalue weighted by molar-refractivity contribution is 0.0948. The zero-order valence-corrected chi connectivity index (χ0v) is 13.3. The fourth-order valence-electron chi connectivity index (χ4n) is 2.06. The summed E-state index contributed by atoms with van der Waals surface area (Å²) in [6.45, 7) is 4.63. The lowest BCUT2D eigenvalue weighted by atomic mass is 10.3. The first-order chi connectivity index (χ1) is 10.6. The Kier molecular flexibility index (Phi) is 5.47. The van der Waals surface area contributed by atoms with Crippen molar-refractivity contribution in [1.29, 1.82) is 0 Å². The van der Waals surface area contributed by atoms with Crippen molar-refractivity contribution in [3.8, 4) is 0 Å². The minimum Gasteiger partial charge on any atom is -0.351 e. The fraction of sp³-hybridized carbons (Fsp3) is 0.353. The van der Waals surface area contributed by atoms with Gasteiger partial charge in [-0.3, -0.25) is 4.79 Å². The van der Waals surface area contributed by atoms with Gasteiger partial charge in [-0.1, -0.05) is 31.5 Å². The van der Waals surface area contributed by atoms with Gasteiger partial charge in [0, 0.05) is 25.0 Å². The van der Waals surface area contributed by atoms with Gasteiger partial charge in [-0.2, -0.15) is 0 Å². The highest BCUT2D eigenvalue weighted by Gasteiger charge is 2.13. The smallest absolute Gasteiger partial charge is 0.270 e. The van der Waals surface area contributed by atoms with Gasteiger partial charge < -0.3 is 10.2 Å². The molecule has 1 heterocycles. The van der Waals surface area contributed by atoms with Crippen molar-refractivity contribution in [3.05, 3.63) is 47.8 Å². The number of anilines is 2. The summed E-state index contributed by atoms with van der Waals surface area (Å²) in [7, 11) is 1.89. The van der Waals surface area contributed by atoms with Gasteiger partial charge in [0.15, 0.2) is 0 Å². The van der Waals surface area contributed by atoms with Crippen LogP contribution >= 0.6 is 0 Å². The highest BCUT2D eigenvalue weighted by Crippen LogP contribution is 2.20. The normalized spacial score (nSPS) is 10.3. The molecule has 0 aliphatic heterocycles. The summed E-state index contributed by atoms with van der Waals surface area (Å²) in [6, 6.07) is 11.5. The summed E-state index contributed by atoms with van der Waals surface area (Å²) in [4.78, 5) is 22.8. The van der Waals surface area contributed by atoms with E-state index in [1.165, 1.54) is 0 Å². The SMILES string of the molecule is CCCCNC(=O)c1cc(C)nc(N(C)c2ccccc2)n1. The van der Waals surface area contributed by atoms with Crippen molar-refractivity contribution in [3.63, 3.8) is 0 Å². The third kappa shape index (κ3) is 4.04. The number of nitrogens with one attached hydrogen (secondary N) is 1. The molecule has 2 rings (SSSR count). The van der Waals surface area contributed by atoms with Crippen LogP contribution in [0.1, 0.15) is 35.9 Å². The monoisotopic (exact) mass is 298 g/mol. The number of hydrogen-bond acceptors (Lipinski definition) is 4. The maximum Gasteiger partial charge on any atom is 0.270 e. The molecule has 0 saturated heterocycles. The molecule has 116 valence electrons. The number of hydrogen-bond donors (Lipinski definition) is 1. The van der Waals surface area contributed by atoms with E-state index in [0.29, 0.717) is 18.2 Å². The van der Waals surface area contributed by atoms with Crippen molar-refractivity contribution in [1.82, 2.24) is 15.3 Å². The van der Waals surface area contributed by atoms with Crippen LogP contribution in [0.4, 0.5) is 11.6 Å². The van der Waals surface area contributed by atoms with Crippen LogP contribution in [0.15, 0.2) is 36.4 Å². The molecule has 0 saturated carbocycles. The molecule has 5 heteroatoms. The van der Waals surface area contributed by atoms with Crippen LogP contribution in [-0.4, -0.2) is 29.5 Å². The van der Waals surface area contributed by atoms with E-state index >= 15 is 0 Å². The molecule has 1 N–H and O–H groups in total. The first-order valence-electron chi connectivity index (χ1n) is 7.54. The zero-order valence-electron chi connectivity index (χ0n) is 13.3. The van der Waals surface area contributed by atoms with E-state index in [9.17, 15) is 4.79 Å². The number of amides is 1. The van der Waals surface area contributed by atoms with Crippen LogP contribution in [-0.2, 0) is 0 Å². The molecule has 0 spiro atoms. The van der Waals surface area contributed by atoms with Gasteiger partial charge in [-0.05, 0) is 31.5 Å². The number of aryl methyl sites for hydroxylation is 1. The molecule has 0 fully saturated rings. The van der Waals surface area contributed by atoms with E-state index in [0.717, 1.165) is 24.2 Å². The van der Waals surface area contributed by atoms with Crippen molar-refractivity contribution in [2.75, 3.05) is 18.5 Å². The maximum atomic E-state index is 12.2. The summed E-state index contributed by atoms with van der Waals surface area (Å²) >= 11 is 0. The highest BCUT2D eigenvalue weighted by molar-refractivity contribution is 5.92. The van der Waals surface area contributed by atoms with Crippen LogP contribution < -0.4 is 10.2 Å². The number of nitrogens with zero attached hydrogens (tertiary/aromatic N) is 3. The molecule has 0 radical (unpaired) electrons. The van der Waals surface area contributed by atoms with Gasteiger partial charge in [-0.25, -0.2) is 9.97 Å². The summed E-state index contributed by atoms with van der Waals surface area (Å²) in [5.74, 6) is 0.369. The number of para-hydroxylation sites is 1. The molecule has 2 aromatic rings. The third-order valence-electron chi connectivity index (χ3n) is 3.33. The van der Waals surface area contributed by atoms with Crippen molar-refractivity contribution < 1.29 is 4.79 Å². The van der Waals surface area contributed by atoms with Gasteiger partial charge in [-0.15, -0.1) is 0 Å². The van der Waals surface area contributed by atoms with Gasteiger partial charge in [0.1, 0.15) is 5.69 Å². The molecule has 1 aromatic carbocycles. The van der Waals surface area contributed by atoms with E-state index in [-0.39, 0.29) is 5.91 Å². The first-order valence-corrected chi connectivity index (χ1v) is 7.54. The molecular formula is C17H22N4O. The number of aromatic nitrogens is 2. The van der Waals surface area contributed by atoms with Gasteiger partial charge in [0.25, 0.3) is 5.91 Å². The second-order valence-corrected chi connectivity index (χ2v) is 5.20. The van der Waals surface area contributed by atoms with E-state index in [4.69, 9.17) is 0 Å². The Hall–Kier alpha value is -2.43. The van der Waals surface area contributed by atoms with Crippen LogP contribution in [0, 0.1) is 6.92 Å². The Morgan fingerprint density at radius 2 is 1.95 bits per heavy atom. The molecule has 0 aliphatic carbocycles. The standard InChI is InChI=1S/C17H22N4O/c1-4-5-11-18-16(22)15-12-13(2)19-17(20-15)21(3)14-9-7-6-8-10-14/h6-10,12H,4-5,11H2,1-3H3,(H,18,22). The predicted octanol–water partition coefficient (Wildman–Crippen LogP) is 3.08. The molecule has 22 heavy (non-hydrogen) atoms. The quantitative estimate of drug-likeness (QED) is 0.833. The van der Waals surface area contributed by atoms with E-state index in [1.54, 1.807) is 6.07 Å². The van der Waals surface area contributed by atoms with E-state index in [2.05, 4.69) is 22.2 Å². The summed E-state index contributed by atoms with van der Waals surface area (Å²) < 4.78 is 0. The van der Waals surface area contributed by atoms with Gasteiger partial charge in [0.2, 0.25) is 5.95 Å². The van der Waals surface area contributed by atoms with Crippen LogP contribution in [0.25, 0.3) is 0 Å². The summed E-state index contributed by atoms with van der Waals surface area (Å²) in [6.07, 6.45) is 2.01. The van der Waals surface area contributed by atoms with E-state index < -0.39 is 0 Å². The molecule has 0 unspecified atom stereocenters.